The molecular weight excluding hydrogens is 528 g/mol. The Morgan fingerprint density at radius 3 is 1.40 bits per heavy atom. The van der Waals surface area contributed by atoms with Gasteiger partial charge in [-0.15, -0.1) is 13.2 Å². The van der Waals surface area contributed by atoms with Crippen molar-refractivity contribution >= 4 is 12.2 Å². The van der Waals surface area contributed by atoms with E-state index in [1.165, 1.54) is 0 Å². The van der Waals surface area contributed by atoms with Gasteiger partial charge in [-0.05, 0) is 80.1 Å². The Morgan fingerprint density at radius 1 is 0.690 bits per heavy atom. The predicted molar refractivity (Wildman–Crippen MR) is 167 cm³/mol. The third-order valence-corrected chi connectivity index (χ3v) is 7.73. The van der Waals surface area contributed by atoms with Crippen LogP contribution in [0, 0.1) is 0 Å². The molecule has 8 heteroatoms. The molecule has 2 amide bonds. The Balaban J connectivity index is 1.85. The van der Waals surface area contributed by atoms with Crippen LogP contribution in [0.5, 0.6) is 0 Å². The minimum Gasteiger partial charge on any atom is -0.444 e. The quantitative estimate of drug-likeness (QED) is 0.183. The summed E-state index contributed by atoms with van der Waals surface area (Å²) in [5.74, 6) is 0. The molecule has 42 heavy (non-hydrogen) atoms. The van der Waals surface area contributed by atoms with Crippen LogP contribution in [0.1, 0.15) is 129 Å². The summed E-state index contributed by atoms with van der Waals surface area (Å²) >= 11 is 0. The van der Waals surface area contributed by atoms with E-state index in [9.17, 15) is 9.59 Å². The highest BCUT2D eigenvalue weighted by molar-refractivity contribution is 5.70. The van der Waals surface area contributed by atoms with E-state index >= 15 is 0 Å². The van der Waals surface area contributed by atoms with Gasteiger partial charge in [-0.3, -0.25) is 19.8 Å². The molecule has 2 aliphatic heterocycles. The highest BCUT2D eigenvalue weighted by atomic mass is 16.6. The van der Waals surface area contributed by atoms with Crippen molar-refractivity contribution in [1.82, 2.24) is 19.8 Å². The molecule has 0 spiro atoms. The summed E-state index contributed by atoms with van der Waals surface area (Å²) in [4.78, 5) is 40.5. The number of aromatic nitrogens is 2. The van der Waals surface area contributed by atoms with E-state index < -0.39 is 11.2 Å². The van der Waals surface area contributed by atoms with Crippen molar-refractivity contribution < 1.29 is 19.1 Å². The van der Waals surface area contributed by atoms with Gasteiger partial charge in [0.05, 0.1) is 35.9 Å². The highest BCUT2D eigenvalue weighted by Crippen LogP contribution is 2.31. The van der Waals surface area contributed by atoms with Gasteiger partial charge in [0.25, 0.3) is 0 Å². The first kappa shape index (κ1) is 33.6. The fourth-order valence-electron chi connectivity index (χ4n) is 5.69. The number of fused-ring (bicyclic) bond motifs is 2. The molecule has 0 fully saturated rings. The van der Waals surface area contributed by atoms with Gasteiger partial charge in [-0.2, -0.15) is 0 Å². The minimum absolute atomic E-state index is 0.00250. The van der Waals surface area contributed by atoms with Crippen molar-refractivity contribution in [2.45, 2.75) is 155 Å². The molecule has 234 valence electrons. The van der Waals surface area contributed by atoms with Crippen molar-refractivity contribution in [1.29, 1.82) is 0 Å². The zero-order chi connectivity index (χ0) is 30.9. The second-order valence-electron chi connectivity index (χ2n) is 13.8. The molecule has 1 aromatic heterocycles. The number of hydrogen-bond donors (Lipinski definition) is 0. The molecule has 0 aliphatic carbocycles. The smallest absolute Gasteiger partial charge is 0.410 e. The number of hydrogen-bond acceptors (Lipinski definition) is 6. The van der Waals surface area contributed by atoms with Crippen LogP contribution in [0.25, 0.3) is 0 Å². The zero-order valence-corrected chi connectivity index (χ0v) is 27.0. The summed E-state index contributed by atoms with van der Waals surface area (Å²) in [5, 5.41) is 0. The molecule has 0 N–H and O–H groups in total. The number of carbonyl (C=O) groups excluding carboxylic acids is 2. The largest absolute Gasteiger partial charge is 0.444 e. The molecule has 0 saturated heterocycles. The number of ether oxygens (including phenoxy) is 2. The van der Waals surface area contributed by atoms with Gasteiger partial charge >= 0.3 is 12.2 Å². The maximum atomic E-state index is 13.3. The van der Waals surface area contributed by atoms with E-state index in [0.717, 1.165) is 87.0 Å². The van der Waals surface area contributed by atoms with Gasteiger partial charge in [0.15, 0.2) is 0 Å². The lowest BCUT2D eigenvalue weighted by Crippen LogP contribution is -2.49. The SMILES string of the molecule is C=CCCCCC[C@@H]1Cc2nc3c(nc2CN1C(=O)OC(C)(C)C)C[C@@H](CCCCCC=C)N(C(=O)OC(C)(C)C)C3. The molecule has 0 unspecified atom stereocenters. The second kappa shape index (κ2) is 15.0. The molecule has 3 rings (SSSR count). The van der Waals surface area contributed by atoms with E-state index in [0.29, 0.717) is 25.9 Å². The van der Waals surface area contributed by atoms with Crippen molar-refractivity contribution in [2.75, 3.05) is 0 Å². The fourth-order valence-corrected chi connectivity index (χ4v) is 5.69. The third-order valence-electron chi connectivity index (χ3n) is 7.73. The van der Waals surface area contributed by atoms with Crippen LogP contribution < -0.4 is 0 Å². The summed E-state index contributed by atoms with van der Waals surface area (Å²) in [7, 11) is 0. The Bertz CT molecular complexity index is 1000. The van der Waals surface area contributed by atoms with Crippen LogP contribution in [-0.4, -0.2) is 55.2 Å². The van der Waals surface area contributed by atoms with Crippen LogP contribution in [0.3, 0.4) is 0 Å². The van der Waals surface area contributed by atoms with Crippen molar-refractivity contribution in [3.05, 3.63) is 48.1 Å². The van der Waals surface area contributed by atoms with Crippen molar-refractivity contribution in [3.8, 4) is 0 Å². The fraction of sp³-hybridized carbons (Fsp3) is 0.706. The zero-order valence-electron chi connectivity index (χ0n) is 27.0. The molecular formula is C34H54N4O4. The van der Waals surface area contributed by atoms with Gasteiger partial charge in [-0.1, -0.05) is 37.8 Å². The van der Waals surface area contributed by atoms with E-state index in [1.807, 2.05) is 63.5 Å². The summed E-state index contributed by atoms with van der Waals surface area (Å²) in [6.07, 6.45) is 14.8. The van der Waals surface area contributed by atoms with E-state index in [4.69, 9.17) is 19.4 Å². The number of allylic oxidation sites excluding steroid dienone is 2. The summed E-state index contributed by atoms with van der Waals surface area (Å²) in [6.45, 7) is 19.8. The average molecular weight is 583 g/mol. The number of nitrogens with zero attached hydrogens (tertiary/aromatic N) is 4. The van der Waals surface area contributed by atoms with Gasteiger partial charge in [0.1, 0.15) is 11.2 Å². The van der Waals surface area contributed by atoms with Gasteiger partial charge < -0.3 is 9.47 Å². The first-order chi connectivity index (χ1) is 19.8. The molecule has 0 radical (unpaired) electrons. The van der Waals surface area contributed by atoms with Crippen molar-refractivity contribution in [3.63, 3.8) is 0 Å². The molecule has 0 aromatic carbocycles. The van der Waals surface area contributed by atoms with Crippen LogP contribution >= 0.6 is 0 Å². The monoisotopic (exact) mass is 582 g/mol. The van der Waals surface area contributed by atoms with Gasteiger partial charge in [0.2, 0.25) is 0 Å². The summed E-state index contributed by atoms with van der Waals surface area (Å²) < 4.78 is 11.6. The average Bonchev–Trinajstić information content (AvgIpc) is 2.89. The molecule has 8 nitrogen and oxygen atoms in total. The maximum Gasteiger partial charge on any atom is 0.410 e. The number of unbranched alkanes of at least 4 members (excludes halogenated alkanes) is 6. The second-order valence-corrected chi connectivity index (χ2v) is 13.8. The van der Waals surface area contributed by atoms with E-state index in [2.05, 4.69) is 13.2 Å². The topological polar surface area (TPSA) is 84.9 Å². The van der Waals surface area contributed by atoms with Gasteiger partial charge in [-0.25, -0.2) is 9.59 Å². The molecule has 2 aliphatic rings. The molecule has 0 saturated carbocycles. The van der Waals surface area contributed by atoms with Crippen LogP contribution in [0.15, 0.2) is 25.3 Å². The lowest BCUT2D eigenvalue weighted by Gasteiger charge is -2.39. The Kier molecular flexibility index (Phi) is 12.0. The van der Waals surface area contributed by atoms with E-state index in [-0.39, 0.29) is 24.3 Å². The minimum atomic E-state index is -0.572. The normalized spacial score (nSPS) is 18.6. The van der Waals surface area contributed by atoms with Crippen LogP contribution in [0.4, 0.5) is 9.59 Å². The van der Waals surface area contributed by atoms with Gasteiger partial charge in [0, 0.05) is 24.9 Å². The van der Waals surface area contributed by atoms with Crippen LogP contribution in [-0.2, 0) is 35.4 Å². The first-order valence-electron chi connectivity index (χ1n) is 15.9. The van der Waals surface area contributed by atoms with Crippen LogP contribution in [0.2, 0.25) is 0 Å². The Labute approximate surface area is 253 Å². The van der Waals surface area contributed by atoms with Crippen molar-refractivity contribution in [2.24, 2.45) is 0 Å². The number of carbonyl (C=O) groups is 2. The lowest BCUT2D eigenvalue weighted by atomic mass is 9.94. The molecule has 0 bridgehead atoms. The summed E-state index contributed by atoms with van der Waals surface area (Å²) in [5.41, 5.74) is 2.40. The summed E-state index contributed by atoms with van der Waals surface area (Å²) in [6, 6.07) is -0.00501. The predicted octanol–water partition coefficient (Wildman–Crippen LogP) is 8.07. The molecule has 2 atom stereocenters. The standard InChI is InChI=1S/C34H54N4O4/c1-9-11-13-15-17-19-25-21-27-29(23-37(25)31(39)41-33(3,4)5)36-28-22-26(20-18-16-14-12-10-2)38(24-30(28)35-27)32(40)42-34(6,7)8/h9-10,25-26H,1-2,11-24H2,3-8H3/t25-,26-/m1/s1. The Hall–Kier alpha value is -2.90. The molecule has 1 aromatic rings. The van der Waals surface area contributed by atoms with E-state index in [1.54, 1.807) is 0 Å². The maximum absolute atomic E-state index is 13.3. The number of amides is 2. The number of rotatable bonds is 12. The molecule has 3 heterocycles. The highest BCUT2D eigenvalue weighted by Gasteiger charge is 2.38. The first-order valence-corrected chi connectivity index (χ1v) is 15.9. The Morgan fingerprint density at radius 2 is 1.07 bits per heavy atom. The lowest BCUT2D eigenvalue weighted by molar-refractivity contribution is 0.00741. The third kappa shape index (κ3) is 10.1.